The zero-order valence-electron chi connectivity index (χ0n) is 21.5. The van der Waals surface area contributed by atoms with E-state index in [1.807, 2.05) is 38.1 Å². The van der Waals surface area contributed by atoms with Crippen LogP contribution in [0.1, 0.15) is 43.1 Å². The highest BCUT2D eigenvalue weighted by Crippen LogP contribution is 2.47. The fourth-order valence-electron chi connectivity index (χ4n) is 6.07. The summed E-state index contributed by atoms with van der Waals surface area (Å²) in [4.78, 5) is 6.68. The molecule has 38 heavy (non-hydrogen) atoms. The van der Waals surface area contributed by atoms with Gasteiger partial charge >= 0.3 is 0 Å². The molecule has 3 aromatic rings. The van der Waals surface area contributed by atoms with Crippen LogP contribution >= 0.6 is 0 Å². The number of alkyl halides is 3. The second-order valence-corrected chi connectivity index (χ2v) is 11.2. The van der Waals surface area contributed by atoms with Crippen molar-refractivity contribution in [1.29, 1.82) is 0 Å². The molecule has 10 heteroatoms. The van der Waals surface area contributed by atoms with Crippen molar-refractivity contribution < 1.29 is 27.1 Å². The number of likely N-dealkylation sites (tertiary alicyclic amines) is 1. The number of aromatic amines is 1. The van der Waals surface area contributed by atoms with Crippen LogP contribution in [-0.4, -0.2) is 77.9 Å². The average molecular weight is 537 g/mol. The Morgan fingerprint density at radius 2 is 1.82 bits per heavy atom. The first-order valence-corrected chi connectivity index (χ1v) is 12.9. The molecule has 1 atom stereocenters. The van der Waals surface area contributed by atoms with Gasteiger partial charge in [-0.25, -0.2) is 17.6 Å². The Balaban J connectivity index is 1.53. The lowest BCUT2D eigenvalue weighted by Crippen LogP contribution is -2.54. The molecule has 5 nitrogen and oxygen atoms in total. The average Bonchev–Trinajstić information content (AvgIpc) is 3.22. The summed E-state index contributed by atoms with van der Waals surface area (Å²) in [5.74, 6) is -5.13. The summed E-state index contributed by atoms with van der Waals surface area (Å²) in [5.41, 5.74) is 1.41. The number of nitrogens with zero attached hydrogens (tertiary/aromatic N) is 2. The lowest BCUT2D eigenvalue weighted by atomic mass is 9.76. The first-order valence-electron chi connectivity index (χ1n) is 12.9. The summed E-state index contributed by atoms with van der Waals surface area (Å²) < 4.78 is 72.8. The number of benzene rings is 2. The minimum atomic E-state index is -3.45. The van der Waals surface area contributed by atoms with Gasteiger partial charge in [-0.05, 0) is 30.2 Å². The van der Waals surface area contributed by atoms with Gasteiger partial charge in [0.15, 0.2) is 0 Å². The van der Waals surface area contributed by atoms with Crippen LogP contribution in [0, 0.1) is 11.6 Å². The van der Waals surface area contributed by atoms with Gasteiger partial charge in [0.05, 0.1) is 25.3 Å². The van der Waals surface area contributed by atoms with Gasteiger partial charge in [-0.2, -0.15) is 0 Å². The van der Waals surface area contributed by atoms with Crippen molar-refractivity contribution in [2.24, 2.45) is 0 Å². The molecular weight excluding hydrogens is 503 g/mol. The molecule has 0 bridgehead atoms. The predicted octanol–water partition coefficient (Wildman–Crippen LogP) is 5.21. The van der Waals surface area contributed by atoms with E-state index < -0.39 is 42.2 Å². The molecule has 2 aliphatic rings. The maximum Gasteiger partial charge on any atom is 0.283 e. The number of H-pyrrole nitrogens is 1. The quantitative estimate of drug-likeness (QED) is 0.329. The molecule has 5 rings (SSSR count). The molecule has 2 aromatic carbocycles. The number of aliphatic hydroxyl groups is 1. The third-order valence-electron chi connectivity index (χ3n) is 7.60. The summed E-state index contributed by atoms with van der Waals surface area (Å²) >= 11 is 0. The molecule has 0 spiro atoms. The Bertz CT molecular complexity index is 1280. The van der Waals surface area contributed by atoms with Gasteiger partial charge in [-0.1, -0.05) is 32.0 Å². The summed E-state index contributed by atoms with van der Waals surface area (Å²) in [6.07, 6.45) is 0.449. The molecule has 0 unspecified atom stereocenters. The van der Waals surface area contributed by atoms with E-state index in [2.05, 4.69) is 15.2 Å². The Hall–Kier alpha value is -2.69. The van der Waals surface area contributed by atoms with Crippen LogP contribution in [0.4, 0.5) is 27.6 Å². The van der Waals surface area contributed by atoms with Gasteiger partial charge in [0.2, 0.25) is 0 Å². The number of rotatable bonds is 9. The van der Waals surface area contributed by atoms with Crippen molar-refractivity contribution in [3.05, 3.63) is 64.9 Å². The van der Waals surface area contributed by atoms with Crippen LogP contribution in [0.2, 0.25) is 0 Å². The Labute approximate surface area is 218 Å². The highest BCUT2D eigenvalue weighted by molar-refractivity contribution is 5.86. The monoisotopic (exact) mass is 536 g/mol. The van der Waals surface area contributed by atoms with Crippen LogP contribution in [0.5, 0.6) is 0 Å². The number of nitrogens with one attached hydrogen (secondary N) is 2. The van der Waals surface area contributed by atoms with E-state index in [4.69, 9.17) is 0 Å². The number of anilines is 1. The Morgan fingerprint density at radius 3 is 2.47 bits per heavy atom. The van der Waals surface area contributed by atoms with Crippen molar-refractivity contribution in [2.45, 2.75) is 43.7 Å². The normalized spacial score (nSPS) is 20.5. The van der Waals surface area contributed by atoms with Crippen LogP contribution in [0.25, 0.3) is 10.9 Å². The fourth-order valence-corrected chi connectivity index (χ4v) is 6.07. The Morgan fingerprint density at radius 1 is 1.13 bits per heavy atom. The van der Waals surface area contributed by atoms with Crippen LogP contribution in [0.15, 0.2) is 36.4 Å². The number of para-hydroxylation sites is 1. The highest BCUT2D eigenvalue weighted by Gasteiger charge is 2.46. The molecule has 0 aliphatic carbocycles. The SMILES string of the molecule is CC1(C)CN(CC(F)(F)CO)[C@H](c2c(F)cc(NC3CN(CCCF)C3)cc2F)c2[nH]c3ccccc3c21. The van der Waals surface area contributed by atoms with E-state index in [-0.39, 0.29) is 30.5 Å². The lowest BCUT2D eigenvalue weighted by molar-refractivity contribution is -0.0828. The molecule has 1 saturated heterocycles. The van der Waals surface area contributed by atoms with E-state index in [9.17, 15) is 18.3 Å². The lowest BCUT2D eigenvalue weighted by Gasteiger charge is -2.45. The first kappa shape index (κ1) is 26.9. The minimum absolute atomic E-state index is 0.0187. The minimum Gasteiger partial charge on any atom is -0.390 e. The van der Waals surface area contributed by atoms with Gasteiger partial charge < -0.3 is 15.4 Å². The predicted molar refractivity (Wildman–Crippen MR) is 138 cm³/mol. The zero-order chi connectivity index (χ0) is 27.2. The molecule has 1 fully saturated rings. The molecule has 3 N–H and O–H groups in total. The highest BCUT2D eigenvalue weighted by atomic mass is 19.3. The topological polar surface area (TPSA) is 54.5 Å². The van der Waals surface area contributed by atoms with E-state index in [0.717, 1.165) is 16.5 Å². The first-order chi connectivity index (χ1) is 18.0. The van der Waals surface area contributed by atoms with Crippen LogP contribution < -0.4 is 5.32 Å². The van der Waals surface area contributed by atoms with Gasteiger partial charge in [0, 0.05) is 59.4 Å². The number of hydrogen-bond donors (Lipinski definition) is 3. The molecule has 0 radical (unpaired) electrons. The molecule has 2 aliphatic heterocycles. The maximum absolute atomic E-state index is 15.7. The molecule has 0 amide bonds. The smallest absolute Gasteiger partial charge is 0.283 e. The van der Waals surface area contributed by atoms with Gasteiger partial charge in [0.25, 0.3) is 5.92 Å². The van der Waals surface area contributed by atoms with E-state index >= 15 is 8.78 Å². The second-order valence-electron chi connectivity index (χ2n) is 11.2. The number of halogens is 5. The van der Waals surface area contributed by atoms with Gasteiger partial charge in [0.1, 0.15) is 18.2 Å². The van der Waals surface area contributed by atoms with E-state index in [0.29, 0.717) is 31.7 Å². The summed E-state index contributed by atoms with van der Waals surface area (Å²) in [6, 6.07) is 8.71. The standard InChI is InChI=1S/C28H33F5N4O/c1-27(2)14-37(15-28(32,33)16-38)26(25-24(27)19-6-3-4-7-22(19)35-25)23-20(30)10-17(11-21(23)31)34-18-12-36(13-18)9-5-8-29/h3-4,6-7,10-11,18,26,34-35,38H,5,8-9,12-16H2,1-2H3/t26-/m1/s1. The van der Waals surface area contributed by atoms with Crippen molar-refractivity contribution in [3.8, 4) is 0 Å². The third-order valence-corrected chi connectivity index (χ3v) is 7.60. The summed E-state index contributed by atoms with van der Waals surface area (Å²) in [6.45, 7) is 3.26. The van der Waals surface area contributed by atoms with Crippen LogP contribution in [-0.2, 0) is 5.41 Å². The number of aromatic nitrogens is 1. The van der Waals surface area contributed by atoms with Gasteiger partial charge in [-0.3, -0.25) is 14.2 Å². The summed E-state index contributed by atoms with van der Waals surface area (Å²) in [5, 5.41) is 13.3. The van der Waals surface area contributed by atoms with Crippen LogP contribution in [0.3, 0.4) is 0 Å². The number of aliphatic hydroxyl groups excluding tert-OH is 1. The number of fused-ring (bicyclic) bond motifs is 3. The van der Waals surface area contributed by atoms with Crippen molar-refractivity contribution in [2.75, 3.05) is 51.3 Å². The van der Waals surface area contributed by atoms with E-state index in [1.54, 1.807) is 0 Å². The largest absolute Gasteiger partial charge is 0.390 e. The number of hydrogen-bond acceptors (Lipinski definition) is 4. The summed E-state index contributed by atoms with van der Waals surface area (Å²) in [7, 11) is 0. The van der Waals surface area contributed by atoms with Crippen molar-refractivity contribution in [3.63, 3.8) is 0 Å². The van der Waals surface area contributed by atoms with Crippen molar-refractivity contribution in [1.82, 2.24) is 14.8 Å². The van der Waals surface area contributed by atoms with E-state index in [1.165, 1.54) is 17.0 Å². The Kier molecular flexibility index (Phi) is 7.17. The second kappa shape index (κ2) is 10.1. The van der Waals surface area contributed by atoms with Crippen molar-refractivity contribution >= 4 is 16.6 Å². The molecular formula is C28H33F5N4O. The maximum atomic E-state index is 15.7. The third kappa shape index (κ3) is 5.01. The molecule has 0 saturated carbocycles. The fraction of sp³-hybridized carbons (Fsp3) is 0.500. The molecule has 3 heterocycles. The zero-order valence-corrected chi connectivity index (χ0v) is 21.5. The van der Waals surface area contributed by atoms with Gasteiger partial charge in [-0.15, -0.1) is 0 Å². The molecule has 206 valence electrons. The molecule has 1 aromatic heterocycles.